The van der Waals surface area contributed by atoms with E-state index in [2.05, 4.69) is 15.6 Å². The quantitative estimate of drug-likeness (QED) is 0.344. The van der Waals surface area contributed by atoms with Crippen molar-refractivity contribution in [2.45, 2.75) is 13.8 Å². The first kappa shape index (κ1) is 18.9. The second kappa shape index (κ2) is 8.09. The molecule has 10 heteroatoms. The van der Waals surface area contributed by atoms with Crippen molar-refractivity contribution in [2.24, 2.45) is 0 Å². The summed E-state index contributed by atoms with van der Waals surface area (Å²) >= 11 is 1.40. The Hall–Kier alpha value is -3.45. The Morgan fingerprint density at radius 2 is 2.19 bits per heavy atom. The summed E-state index contributed by atoms with van der Waals surface area (Å²) in [6.45, 7) is 3.78. The standard InChI is InChI=1S/C16H15N5O4S/c1-9-10(2)26-16(19-9)18-8-11(7-17)15(22)20-13-5-4-12(21(23)24)6-14(13)25-3/h4-6,8H,1-3H3,(H,18,19)(H,20,22)/b11-8-. The minimum atomic E-state index is -0.683. The van der Waals surface area contributed by atoms with E-state index in [1.165, 1.54) is 42.8 Å². The van der Waals surface area contributed by atoms with Gasteiger partial charge in [-0.2, -0.15) is 5.26 Å². The third kappa shape index (κ3) is 4.34. The summed E-state index contributed by atoms with van der Waals surface area (Å²) in [5.41, 5.74) is 0.720. The first-order valence-corrected chi connectivity index (χ1v) is 8.12. The third-order valence-corrected chi connectivity index (χ3v) is 4.38. The zero-order chi connectivity index (χ0) is 19.3. The van der Waals surface area contributed by atoms with Crippen LogP contribution in [0.1, 0.15) is 10.6 Å². The number of benzene rings is 1. The first-order valence-electron chi connectivity index (χ1n) is 7.30. The van der Waals surface area contributed by atoms with Crippen molar-refractivity contribution in [3.8, 4) is 11.8 Å². The van der Waals surface area contributed by atoms with Gasteiger partial charge >= 0.3 is 0 Å². The molecular formula is C16H15N5O4S. The molecule has 0 aliphatic carbocycles. The fourth-order valence-corrected chi connectivity index (χ4v) is 2.69. The molecule has 2 N–H and O–H groups in total. The van der Waals surface area contributed by atoms with E-state index in [0.717, 1.165) is 10.6 Å². The maximum Gasteiger partial charge on any atom is 0.273 e. The summed E-state index contributed by atoms with van der Waals surface area (Å²) in [5.74, 6) is -0.568. The number of nitro benzene ring substituents is 1. The summed E-state index contributed by atoms with van der Waals surface area (Å²) in [6.07, 6.45) is 1.25. The Kier molecular flexibility index (Phi) is 5.87. The zero-order valence-electron chi connectivity index (χ0n) is 14.2. The van der Waals surface area contributed by atoms with Crippen molar-refractivity contribution in [3.63, 3.8) is 0 Å². The van der Waals surface area contributed by atoms with Gasteiger partial charge in [-0.3, -0.25) is 14.9 Å². The smallest absolute Gasteiger partial charge is 0.273 e. The number of ether oxygens (including phenoxy) is 1. The maximum absolute atomic E-state index is 12.3. The highest BCUT2D eigenvalue weighted by atomic mass is 32.1. The second-order valence-corrected chi connectivity index (χ2v) is 6.27. The van der Waals surface area contributed by atoms with Crippen LogP contribution in [-0.2, 0) is 4.79 Å². The lowest BCUT2D eigenvalue weighted by Gasteiger charge is -2.09. The van der Waals surface area contributed by atoms with Gasteiger partial charge in [-0.25, -0.2) is 4.98 Å². The molecule has 1 amide bonds. The van der Waals surface area contributed by atoms with Gasteiger partial charge in [-0.1, -0.05) is 0 Å². The Morgan fingerprint density at radius 1 is 1.46 bits per heavy atom. The third-order valence-electron chi connectivity index (χ3n) is 3.38. The highest BCUT2D eigenvalue weighted by Crippen LogP contribution is 2.29. The van der Waals surface area contributed by atoms with Crippen molar-refractivity contribution in [1.82, 2.24) is 4.98 Å². The van der Waals surface area contributed by atoms with Crippen LogP contribution in [0, 0.1) is 35.3 Å². The zero-order valence-corrected chi connectivity index (χ0v) is 15.0. The van der Waals surface area contributed by atoms with E-state index in [-0.39, 0.29) is 22.7 Å². The molecule has 134 valence electrons. The average molecular weight is 373 g/mol. The summed E-state index contributed by atoms with van der Waals surface area (Å²) in [5, 5.41) is 25.9. The molecule has 0 radical (unpaired) electrons. The number of non-ortho nitro benzene ring substituents is 1. The molecule has 0 unspecified atom stereocenters. The van der Waals surface area contributed by atoms with Gasteiger partial charge in [0.05, 0.1) is 29.5 Å². The lowest BCUT2D eigenvalue weighted by Crippen LogP contribution is -2.15. The SMILES string of the molecule is COc1cc([N+](=O)[O-])ccc1NC(=O)/C(C#N)=C\Nc1nc(C)c(C)s1. The average Bonchev–Trinajstić information content (AvgIpc) is 2.93. The summed E-state index contributed by atoms with van der Waals surface area (Å²) < 4.78 is 5.05. The van der Waals surface area contributed by atoms with Gasteiger partial charge in [0.25, 0.3) is 11.6 Å². The molecule has 0 spiro atoms. The number of hydrogen-bond donors (Lipinski definition) is 2. The largest absolute Gasteiger partial charge is 0.494 e. The molecule has 2 rings (SSSR count). The number of thiazole rings is 1. The molecule has 0 saturated carbocycles. The number of aryl methyl sites for hydroxylation is 2. The van der Waals surface area contributed by atoms with Gasteiger partial charge in [-0.15, -0.1) is 11.3 Å². The van der Waals surface area contributed by atoms with Gasteiger partial charge in [-0.05, 0) is 19.9 Å². The van der Waals surface area contributed by atoms with Crippen LogP contribution in [0.5, 0.6) is 5.75 Å². The van der Waals surface area contributed by atoms with Crippen LogP contribution < -0.4 is 15.4 Å². The fourth-order valence-electron chi connectivity index (χ4n) is 1.90. The minimum absolute atomic E-state index is 0.115. The second-order valence-electron chi connectivity index (χ2n) is 5.07. The van der Waals surface area contributed by atoms with Crippen LogP contribution in [0.2, 0.25) is 0 Å². The lowest BCUT2D eigenvalue weighted by atomic mass is 10.2. The molecule has 1 aromatic heterocycles. The number of nitrogens with zero attached hydrogens (tertiary/aromatic N) is 3. The highest BCUT2D eigenvalue weighted by Gasteiger charge is 2.16. The number of anilines is 2. The van der Waals surface area contributed by atoms with Crippen molar-refractivity contribution in [1.29, 1.82) is 5.26 Å². The number of amides is 1. The number of aromatic nitrogens is 1. The van der Waals surface area contributed by atoms with Gasteiger partial charge in [0.1, 0.15) is 17.4 Å². The molecule has 0 saturated heterocycles. The van der Waals surface area contributed by atoms with Crippen LogP contribution in [0.25, 0.3) is 0 Å². The van der Waals surface area contributed by atoms with E-state index >= 15 is 0 Å². The van der Waals surface area contributed by atoms with Crippen molar-refractivity contribution in [3.05, 3.63) is 50.7 Å². The number of carbonyl (C=O) groups excluding carboxylic acids is 1. The van der Waals surface area contributed by atoms with E-state index in [1.807, 2.05) is 13.8 Å². The Labute approximate surface area is 153 Å². The molecule has 9 nitrogen and oxygen atoms in total. The Bertz CT molecular complexity index is 910. The summed E-state index contributed by atoms with van der Waals surface area (Å²) in [4.78, 5) is 27.8. The maximum atomic E-state index is 12.3. The lowest BCUT2D eigenvalue weighted by molar-refractivity contribution is -0.384. The van der Waals surface area contributed by atoms with Gasteiger partial charge in [0.15, 0.2) is 5.13 Å². The number of carbonyl (C=O) groups is 1. The molecule has 0 fully saturated rings. The van der Waals surface area contributed by atoms with Crippen molar-refractivity contribution in [2.75, 3.05) is 17.7 Å². The Balaban J connectivity index is 2.17. The van der Waals surface area contributed by atoms with Crippen LogP contribution in [0.3, 0.4) is 0 Å². The number of methoxy groups -OCH3 is 1. The van der Waals surface area contributed by atoms with Gasteiger partial charge in [0.2, 0.25) is 0 Å². The fraction of sp³-hybridized carbons (Fsp3) is 0.188. The predicted molar refractivity (Wildman–Crippen MR) is 97.2 cm³/mol. The number of nitrogens with one attached hydrogen (secondary N) is 2. The van der Waals surface area contributed by atoms with E-state index in [4.69, 9.17) is 4.74 Å². The topological polar surface area (TPSA) is 130 Å². The summed E-state index contributed by atoms with van der Waals surface area (Å²) in [7, 11) is 1.32. The molecule has 0 aliphatic heterocycles. The van der Waals surface area contributed by atoms with E-state index in [0.29, 0.717) is 5.13 Å². The summed E-state index contributed by atoms with van der Waals surface area (Å²) in [6, 6.07) is 5.55. The molecule has 1 heterocycles. The highest BCUT2D eigenvalue weighted by molar-refractivity contribution is 7.15. The number of nitriles is 1. The minimum Gasteiger partial charge on any atom is -0.494 e. The molecular weight excluding hydrogens is 358 g/mol. The molecule has 0 aliphatic rings. The molecule has 0 atom stereocenters. The monoisotopic (exact) mass is 373 g/mol. The molecule has 1 aromatic carbocycles. The Morgan fingerprint density at radius 3 is 2.73 bits per heavy atom. The van der Waals surface area contributed by atoms with Crippen molar-refractivity contribution >= 4 is 33.8 Å². The molecule has 0 bridgehead atoms. The molecule has 26 heavy (non-hydrogen) atoms. The van der Waals surface area contributed by atoms with E-state index < -0.39 is 10.8 Å². The molecule has 2 aromatic rings. The van der Waals surface area contributed by atoms with Gasteiger partial charge < -0.3 is 15.4 Å². The normalized spacial score (nSPS) is 10.8. The number of nitro groups is 1. The predicted octanol–water partition coefficient (Wildman–Crippen LogP) is 3.13. The van der Waals surface area contributed by atoms with Gasteiger partial charge in [0, 0.05) is 17.1 Å². The van der Waals surface area contributed by atoms with E-state index in [9.17, 15) is 20.2 Å². The van der Waals surface area contributed by atoms with E-state index in [1.54, 1.807) is 6.07 Å². The van der Waals surface area contributed by atoms with Crippen LogP contribution in [0.15, 0.2) is 30.0 Å². The number of rotatable bonds is 6. The van der Waals surface area contributed by atoms with Crippen molar-refractivity contribution < 1.29 is 14.5 Å². The van der Waals surface area contributed by atoms with Crippen LogP contribution in [-0.4, -0.2) is 22.9 Å². The first-order chi connectivity index (χ1) is 12.3. The number of hydrogen-bond acceptors (Lipinski definition) is 8. The van der Waals surface area contributed by atoms with Crippen LogP contribution in [0.4, 0.5) is 16.5 Å². The van der Waals surface area contributed by atoms with Crippen LogP contribution >= 0.6 is 11.3 Å².